The molecular formula is C18H26BrNO. The first kappa shape index (κ1) is 15.5. The minimum atomic E-state index is 0.182. The highest BCUT2D eigenvalue weighted by Gasteiger charge is 2.38. The van der Waals surface area contributed by atoms with Crippen molar-refractivity contribution in [2.45, 2.75) is 69.6 Å². The maximum absolute atomic E-state index is 6.20. The first-order valence-corrected chi connectivity index (χ1v) is 9.12. The standard InChI is InChI=1S/C18H26BrNO/c1-14(16-7-3-4-8-17(16)19)20-15-9-12-21-18(13-15)10-5-2-6-11-18/h3-4,7-8,14-15,20H,2,5-6,9-13H2,1H3/t14-,15?/m0/s1. The molecule has 1 aromatic carbocycles. The van der Waals surface area contributed by atoms with E-state index >= 15 is 0 Å². The Morgan fingerprint density at radius 2 is 2.00 bits per heavy atom. The SMILES string of the molecule is C[C@H](NC1CCOC2(CCCCC2)C1)c1ccccc1Br. The number of halogens is 1. The molecule has 2 aliphatic rings. The average molecular weight is 352 g/mol. The zero-order valence-electron chi connectivity index (χ0n) is 12.9. The van der Waals surface area contributed by atoms with Crippen molar-refractivity contribution in [3.05, 3.63) is 34.3 Å². The van der Waals surface area contributed by atoms with Crippen LogP contribution in [0.4, 0.5) is 0 Å². The van der Waals surface area contributed by atoms with Crippen LogP contribution in [0.15, 0.2) is 28.7 Å². The Kier molecular flexibility index (Phi) is 5.03. The van der Waals surface area contributed by atoms with Gasteiger partial charge in [-0.05, 0) is 44.2 Å². The van der Waals surface area contributed by atoms with Crippen LogP contribution < -0.4 is 5.32 Å². The van der Waals surface area contributed by atoms with E-state index in [1.165, 1.54) is 48.6 Å². The number of hydrogen-bond donors (Lipinski definition) is 1. The fourth-order valence-corrected chi connectivity index (χ4v) is 4.61. The second-order valence-electron chi connectivity index (χ2n) is 6.69. The molecule has 2 nitrogen and oxygen atoms in total. The van der Waals surface area contributed by atoms with Crippen molar-refractivity contribution in [3.63, 3.8) is 0 Å². The highest BCUT2D eigenvalue weighted by molar-refractivity contribution is 9.10. The van der Waals surface area contributed by atoms with Gasteiger partial charge < -0.3 is 10.1 Å². The summed E-state index contributed by atoms with van der Waals surface area (Å²) in [5, 5.41) is 3.84. The van der Waals surface area contributed by atoms with E-state index in [0.29, 0.717) is 12.1 Å². The molecule has 21 heavy (non-hydrogen) atoms. The van der Waals surface area contributed by atoms with Crippen molar-refractivity contribution >= 4 is 15.9 Å². The Bertz CT molecular complexity index is 465. The van der Waals surface area contributed by atoms with Crippen molar-refractivity contribution in [2.75, 3.05) is 6.61 Å². The van der Waals surface area contributed by atoms with Gasteiger partial charge in [-0.1, -0.05) is 53.4 Å². The molecule has 0 bridgehead atoms. The van der Waals surface area contributed by atoms with Gasteiger partial charge in [-0.25, -0.2) is 0 Å². The second-order valence-corrected chi connectivity index (χ2v) is 7.55. The Morgan fingerprint density at radius 1 is 1.24 bits per heavy atom. The van der Waals surface area contributed by atoms with Gasteiger partial charge in [-0.2, -0.15) is 0 Å². The van der Waals surface area contributed by atoms with Crippen LogP contribution in [0, 0.1) is 0 Å². The Morgan fingerprint density at radius 3 is 2.76 bits per heavy atom. The van der Waals surface area contributed by atoms with E-state index in [1.54, 1.807) is 0 Å². The highest BCUT2D eigenvalue weighted by Crippen LogP contribution is 2.39. The maximum atomic E-state index is 6.20. The fraction of sp³-hybridized carbons (Fsp3) is 0.667. The smallest absolute Gasteiger partial charge is 0.0697 e. The zero-order chi connectivity index (χ0) is 14.7. The molecule has 3 heteroatoms. The monoisotopic (exact) mass is 351 g/mol. The maximum Gasteiger partial charge on any atom is 0.0697 e. The summed E-state index contributed by atoms with van der Waals surface area (Å²) in [5.41, 5.74) is 1.53. The Labute approximate surface area is 136 Å². The number of ether oxygens (including phenoxy) is 1. The molecular weight excluding hydrogens is 326 g/mol. The molecule has 1 aliphatic carbocycles. The molecule has 1 saturated carbocycles. The summed E-state index contributed by atoms with van der Waals surface area (Å²) < 4.78 is 7.40. The van der Waals surface area contributed by atoms with Gasteiger partial charge in [0.2, 0.25) is 0 Å². The van der Waals surface area contributed by atoms with Gasteiger partial charge >= 0.3 is 0 Å². The molecule has 1 unspecified atom stereocenters. The van der Waals surface area contributed by atoms with Crippen LogP contribution in [0.3, 0.4) is 0 Å². The topological polar surface area (TPSA) is 21.3 Å². The molecule has 1 aliphatic heterocycles. The largest absolute Gasteiger partial charge is 0.375 e. The molecule has 1 aromatic rings. The van der Waals surface area contributed by atoms with Crippen molar-refractivity contribution in [3.8, 4) is 0 Å². The summed E-state index contributed by atoms with van der Waals surface area (Å²) in [6, 6.07) is 9.48. The van der Waals surface area contributed by atoms with Crippen LogP contribution in [0.2, 0.25) is 0 Å². The summed E-state index contributed by atoms with van der Waals surface area (Å²) in [5.74, 6) is 0. The van der Waals surface area contributed by atoms with Crippen LogP contribution in [0.5, 0.6) is 0 Å². The number of rotatable bonds is 3. The molecule has 116 valence electrons. The Balaban J connectivity index is 1.63. The molecule has 1 saturated heterocycles. The van der Waals surface area contributed by atoms with Crippen LogP contribution in [-0.4, -0.2) is 18.2 Å². The van der Waals surface area contributed by atoms with Gasteiger partial charge in [0, 0.05) is 23.2 Å². The number of benzene rings is 1. The first-order chi connectivity index (χ1) is 10.2. The summed E-state index contributed by atoms with van der Waals surface area (Å²) >= 11 is 3.67. The molecule has 2 fully saturated rings. The summed E-state index contributed by atoms with van der Waals surface area (Å²) in [4.78, 5) is 0. The van der Waals surface area contributed by atoms with E-state index < -0.39 is 0 Å². The third-order valence-electron chi connectivity index (χ3n) is 5.12. The van der Waals surface area contributed by atoms with Crippen LogP contribution in [0.25, 0.3) is 0 Å². The summed E-state index contributed by atoms with van der Waals surface area (Å²) in [6.45, 7) is 3.18. The molecule has 2 atom stereocenters. The second kappa shape index (κ2) is 6.80. The van der Waals surface area contributed by atoms with Crippen molar-refractivity contribution in [2.24, 2.45) is 0 Å². The van der Waals surface area contributed by atoms with Gasteiger partial charge in [0.25, 0.3) is 0 Å². The van der Waals surface area contributed by atoms with Crippen LogP contribution in [0.1, 0.15) is 63.5 Å². The lowest BCUT2D eigenvalue weighted by Crippen LogP contribution is -2.48. The van der Waals surface area contributed by atoms with E-state index in [0.717, 1.165) is 13.0 Å². The van der Waals surface area contributed by atoms with E-state index in [-0.39, 0.29) is 5.60 Å². The van der Waals surface area contributed by atoms with E-state index in [4.69, 9.17) is 4.74 Å². The minimum Gasteiger partial charge on any atom is -0.375 e. The third-order valence-corrected chi connectivity index (χ3v) is 5.84. The van der Waals surface area contributed by atoms with Gasteiger partial charge in [0.1, 0.15) is 0 Å². The van der Waals surface area contributed by atoms with E-state index in [9.17, 15) is 0 Å². The van der Waals surface area contributed by atoms with Gasteiger partial charge in [-0.15, -0.1) is 0 Å². The molecule has 0 aromatic heterocycles. The fourth-order valence-electron chi connectivity index (χ4n) is 3.98. The predicted octanol–water partition coefficient (Wildman–Crippen LogP) is 4.98. The normalized spacial score (nSPS) is 26.7. The van der Waals surface area contributed by atoms with E-state index in [1.807, 2.05) is 0 Å². The number of nitrogens with one attached hydrogen (secondary N) is 1. The first-order valence-electron chi connectivity index (χ1n) is 8.33. The zero-order valence-corrected chi connectivity index (χ0v) is 14.5. The lowest BCUT2D eigenvalue weighted by Gasteiger charge is -2.44. The molecule has 1 N–H and O–H groups in total. The van der Waals surface area contributed by atoms with Crippen molar-refractivity contribution < 1.29 is 4.74 Å². The van der Waals surface area contributed by atoms with E-state index in [2.05, 4.69) is 52.4 Å². The predicted molar refractivity (Wildman–Crippen MR) is 90.5 cm³/mol. The van der Waals surface area contributed by atoms with Crippen LogP contribution in [-0.2, 0) is 4.74 Å². The highest BCUT2D eigenvalue weighted by atomic mass is 79.9. The summed E-state index contributed by atoms with van der Waals surface area (Å²) in [6.07, 6.45) is 8.90. The average Bonchev–Trinajstić information content (AvgIpc) is 2.48. The lowest BCUT2D eigenvalue weighted by atomic mass is 9.78. The molecule has 1 spiro atoms. The number of hydrogen-bond acceptors (Lipinski definition) is 2. The van der Waals surface area contributed by atoms with Crippen molar-refractivity contribution in [1.82, 2.24) is 5.32 Å². The Hall–Kier alpha value is -0.380. The van der Waals surface area contributed by atoms with Crippen LogP contribution >= 0.6 is 15.9 Å². The minimum absolute atomic E-state index is 0.182. The van der Waals surface area contributed by atoms with Crippen molar-refractivity contribution in [1.29, 1.82) is 0 Å². The molecule has 0 amide bonds. The molecule has 1 heterocycles. The molecule has 0 radical (unpaired) electrons. The third kappa shape index (κ3) is 3.69. The van der Waals surface area contributed by atoms with Gasteiger partial charge in [-0.3, -0.25) is 0 Å². The summed E-state index contributed by atoms with van der Waals surface area (Å²) in [7, 11) is 0. The molecule has 3 rings (SSSR count). The quantitative estimate of drug-likeness (QED) is 0.828. The lowest BCUT2D eigenvalue weighted by molar-refractivity contribution is -0.110. The van der Waals surface area contributed by atoms with Gasteiger partial charge in [0.15, 0.2) is 0 Å². The van der Waals surface area contributed by atoms with Gasteiger partial charge in [0.05, 0.1) is 5.60 Å².